The van der Waals surface area contributed by atoms with Crippen molar-refractivity contribution in [3.05, 3.63) is 0 Å². The van der Waals surface area contributed by atoms with Gasteiger partial charge >= 0.3 is 0 Å². The smallest absolute Gasteiger partial charge is 0.0810 e. The highest BCUT2D eigenvalue weighted by atomic mass is 127. The van der Waals surface area contributed by atoms with Crippen molar-refractivity contribution in [2.75, 3.05) is 6.61 Å². The minimum absolute atomic E-state index is 0. The van der Waals surface area contributed by atoms with E-state index in [0.717, 1.165) is 6.61 Å². The highest BCUT2D eigenvalue weighted by Gasteiger charge is 2.21. The van der Waals surface area contributed by atoms with E-state index in [-0.39, 0.29) is 24.0 Å². The molecule has 0 radical (unpaired) electrons. The lowest BCUT2D eigenvalue weighted by Crippen LogP contribution is -1.93. The first-order chi connectivity index (χ1) is 3.79. The molecule has 0 bridgehead atoms. The van der Waals surface area contributed by atoms with Crippen molar-refractivity contribution < 1.29 is 4.74 Å². The molecule has 1 heterocycles. The monoisotopic (exact) mass is 260 g/mol. The molecule has 1 rings (SSSR count). The summed E-state index contributed by atoms with van der Waals surface area (Å²) >= 11 is 4.24. The molecule has 0 aromatic carbocycles. The molecule has 1 saturated heterocycles. The maximum Gasteiger partial charge on any atom is 0.0810 e. The summed E-state index contributed by atoms with van der Waals surface area (Å²) in [6.45, 7) is 3.10. The second-order valence-corrected chi connectivity index (χ2v) is 3.26. The molecular formula is C6H13IOS. The molecule has 1 fully saturated rings. The van der Waals surface area contributed by atoms with Crippen LogP contribution in [0.4, 0.5) is 0 Å². The largest absolute Gasteiger partial charge is 0.373 e. The summed E-state index contributed by atoms with van der Waals surface area (Å²) in [6.07, 6.45) is 2.97. The molecule has 0 saturated carbocycles. The Kier molecular flexibility index (Phi) is 5.35. The number of halogens is 1. The molecule has 9 heavy (non-hydrogen) atoms. The summed E-state index contributed by atoms with van der Waals surface area (Å²) < 4.78 is 5.02. The summed E-state index contributed by atoms with van der Waals surface area (Å²) in [4.78, 5) is 0. The van der Waals surface area contributed by atoms with Gasteiger partial charge in [0.25, 0.3) is 0 Å². The van der Waals surface area contributed by atoms with Crippen LogP contribution in [0, 0.1) is 0 Å². The van der Waals surface area contributed by atoms with Crippen molar-refractivity contribution in [3.63, 3.8) is 0 Å². The van der Waals surface area contributed by atoms with E-state index in [1.807, 2.05) is 0 Å². The topological polar surface area (TPSA) is 12.5 Å². The summed E-state index contributed by atoms with van der Waals surface area (Å²) in [5.41, 5.74) is 0. The van der Waals surface area contributed by atoms with Gasteiger partial charge in [0.1, 0.15) is 0 Å². The number of epoxide rings is 1. The zero-order valence-corrected chi connectivity index (χ0v) is 8.76. The Balaban J connectivity index is 0.000000640. The van der Waals surface area contributed by atoms with Gasteiger partial charge in [-0.1, -0.05) is 6.92 Å². The van der Waals surface area contributed by atoms with Crippen LogP contribution >= 0.6 is 36.6 Å². The Morgan fingerprint density at radius 1 is 1.78 bits per heavy atom. The van der Waals surface area contributed by atoms with E-state index in [2.05, 4.69) is 19.6 Å². The van der Waals surface area contributed by atoms with E-state index in [9.17, 15) is 0 Å². The Labute approximate surface area is 79.0 Å². The van der Waals surface area contributed by atoms with Crippen LogP contribution in [0.25, 0.3) is 0 Å². The lowest BCUT2D eigenvalue weighted by atomic mass is 10.2. The van der Waals surface area contributed by atoms with Crippen LogP contribution in [0.1, 0.15) is 19.8 Å². The third-order valence-electron chi connectivity index (χ3n) is 1.31. The van der Waals surface area contributed by atoms with E-state index < -0.39 is 0 Å². The predicted octanol–water partition coefficient (Wildman–Crippen LogP) is 2.10. The summed E-state index contributed by atoms with van der Waals surface area (Å²) in [7, 11) is 0. The molecular weight excluding hydrogens is 247 g/mol. The Hall–Kier alpha value is 1.04. The number of thiol groups is 1. The minimum Gasteiger partial charge on any atom is -0.373 e. The first kappa shape index (κ1) is 10.0. The van der Waals surface area contributed by atoms with Crippen molar-refractivity contribution in [2.45, 2.75) is 31.1 Å². The van der Waals surface area contributed by atoms with Crippen LogP contribution < -0.4 is 0 Å². The summed E-state index contributed by atoms with van der Waals surface area (Å²) in [6, 6.07) is 0. The first-order valence-corrected chi connectivity index (χ1v) is 3.60. The second kappa shape index (κ2) is 4.79. The fraction of sp³-hybridized carbons (Fsp3) is 1.00. The minimum atomic E-state index is 0. The highest BCUT2D eigenvalue weighted by molar-refractivity contribution is 14.0. The normalized spacial score (nSPS) is 26.7. The van der Waals surface area contributed by atoms with Gasteiger partial charge in [-0.3, -0.25) is 0 Å². The Bertz CT molecular complexity index is 71.5. The van der Waals surface area contributed by atoms with Crippen LogP contribution in [0.2, 0.25) is 0 Å². The maximum atomic E-state index is 5.02. The Morgan fingerprint density at radius 2 is 2.33 bits per heavy atom. The van der Waals surface area contributed by atoms with Crippen molar-refractivity contribution in [1.82, 2.24) is 0 Å². The Morgan fingerprint density at radius 3 is 2.67 bits per heavy atom. The van der Waals surface area contributed by atoms with E-state index >= 15 is 0 Å². The van der Waals surface area contributed by atoms with Crippen LogP contribution in [-0.4, -0.2) is 18.0 Å². The van der Waals surface area contributed by atoms with Crippen LogP contribution in [0.5, 0.6) is 0 Å². The van der Waals surface area contributed by atoms with Crippen LogP contribution in [-0.2, 0) is 4.74 Å². The molecule has 0 aromatic heterocycles. The molecule has 0 aliphatic carbocycles. The lowest BCUT2D eigenvalue weighted by Gasteiger charge is -1.98. The summed E-state index contributed by atoms with van der Waals surface area (Å²) in [5, 5.41) is 0.541. The fourth-order valence-corrected chi connectivity index (χ4v) is 0.811. The van der Waals surface area contributed by atoms with Gasteiger partial charge in [0.2, 0.25) is 0 Å². The highest BCUT2D eigenvalue weighted by Crippen LogP contribution is 2.17. The third-order valence-corrected chi connectivity index (χ3v) is 1.57. The average molecular weight is 260 g/mol. The molecule has 2 unspecified atom stereocenters. The molecule has 2 atom stereocenters. The van der Waals surface area contributed by atoms with Gasteiger partial charge in [-0.2, -0.15) is 12.6 Å². The van der Waals surface area contributed by atoms with E-state index in [1.165, 1.54) is 12.8 Å². The lowest BCUT2D eigenvalue weighted by molar-refractivity contribution is 0.392. The van der Waals surface area contributed by atoms with Crippen LogP contribution in [0.15, 0.2) is 0 Å². The van der Waals surface area contributed by atoms with E-state index in [4.69, 9.17) is 4.74 Å². The van der Waals surface area contributed by atoms with Gasteiger partial charge in [0, 0.05) is 0 Å². The molecule has 0 aromatic rings. The molecule has 0 amide bonds. The van der Waals surface area contributed by atoms with Crippen molar-refractivity contribution in [1.29, 1.82) is 0 Å². The number of hydrogen-bond donors (Lipinski definition) is 1. The van der Waals surface area contributed by atoms with Crippen LogP contribution in [0.3, 0.4) is 0 Å². The third kappa shape index (κ3) is 5.48. The SMILES string of the molecule is CC(S)CCC1CO1.I. The van der Waals surface area contributed by atoms with E-state index in [0.29, 0.717) is 11.4 Å². The van der Waals surface area contributed by atoms with Gasteiger partial charge < -0.3 is 4.74 Å². The first-order valence-electron chi connectivity index (χ1n) is 3.08. The maximum absolute atomic E-state index is 5.02. The number of hydrogen-bond acceptors (Lipinski definition) is 2. The van der Waals surface area contributed by atoms with Gasteiger partial charge in [-0.05, 0) is 18.1 Å². The van der Waals surface area contributed by atoms with Gasteiger partial charge in [0.15, 0.2) is 0 Å². The average Bonchev–Trinajstić information content (AvgIpc) is 2.41. The zero-order valence-electron chi connectivity index (χ0n) is 5.54. The second-order valence-electron chi connectivity index (χ2n) is 2.38. The van der Waals surface area contributed by atoms with E-state index in [1.54, 1.807) is 0 Å². The molecule has 0 spiro atoms. The molecule has 1 nitrogen and oxygen atoms in total. The van der Waals surface area contributed by atoms with Gasteiger partial charge in [-0.15, -0.1) is 24.0 Å². The predicted molar refractivity (Wildman–Crippen MR) is 52.8 cm³/mol. The van der Waals surface area contributed by atoms with Crippen molar-refractivity contribution in [3.8, 4) is 0 Å². The fourth-order valence-electron chi connectivity index (χ4n) is 0.662. The standard InChI is InChI=1S/C6H12OS.HI/c1-5(8)2-3-6-4-7-6;/h5-6,8H,2-4H2,1H3;1H. The number of ether oxygens (including phenoxy) is 1. The molecule has 1 aliphatic heterocycles. The molecule has 56 valence electrons. The zero-order chi connectivity index (χ0) is 5.98. The number of rotatable bonds is 3. The molecule has 1 aliphatic rings. The summed E-state index contributed by atoms with van der Waals surface area (Å²) in [5.74, 6) is 0. The van der Waals surface area contributed by atoms with Crippen molar-refractivity contribution >= 4 is 36.6 Å². The molecule has 0 N–H and O–H groups in total. The quantitative estimate of drug-likeness (QED) is 0.465. The van der Waals surface area contributed by atoms with Crippen molar-refractivity contribution in [2.24, 2.45) is 0 Å². The molecule has 3 heteroatoms. The van der Waals surface area contributed by atoms with Gasteiger partial charge in [-0.25, -0.2) is 0 Å². The van der Waals surface area contributed by atoms with Gasteiger partial charge in [0.05, 0.1) is 12.7 Å².